The summed E-state index contributed by atoms with van der Waals surface area (Å²) < 4.78 is 10.5. The van der Waals surface area contributed by atoms with Crippen molar-refractivity contribution in [2.75, 3.05) is 20.2 Å². The fourth-order valence-corrected chi connectivity index (χ4v) is 8.50. The largest absolute Gasteiger partial charge is 0.453 e. The number of amides is 3. The highest BCUT2D eigenvalue weighted by Crippen LogP contribution is 2.39. The minimum atomic E-state index is -0.671. The van der Waals surface area contributed by atoms with E-state index in [-0.39, 0.29) is 30.0 Å². The molecule has 3 aromatic carbocycles. The molecule has 3 atom stereocenters. The summed E-state index contributed by atoms with van der Waals surface area (Å²) in [5, 5.41) is 5.01. The van der Waals surface area contributed by atoms with E-state index in [0.29, 0.717) is 13.1 Å². The number of fused-ring (bicyclic) bond motifs is 4. The van der Waals surface area contributed by atoms with Gasteiger partial charge in [0.15, 0.2) is 0 Å². The summed E-state index contributed by atoms with van der Waals surface area (Å²) in [6.07, 6.45) is 6.09. The second-order valence-corrected chi connectivity index (χ2v) is 16.7. The topological polar surface area (TPSA) is 146 Å². The number of nitrogens with zero attached hydrogens (tertiary/aromatic N) is 4. The van der Waals surface area contributed by atoms with Crippen LogP contribution in [0.5, 0.6) is 0 Å². The van der Waals surface area contributed by atoms with Gasteiger partial charge in [-0.2, -0.15) is 0 Å². The number of nitrogens with one attached hydrogen (secondary N) is 3. The van der Waals surface area contributed by atoms with Crippen LogP contribution in [0.2, 0.25) is 0 Å². The number of hydrogen-bond donors (Lipinski definition) is 3. The second-order valence-electron chi connectivity index (χ2n) is 16.7. The lowest BCUT2D eigenvalue weighted by atomic mass is 9.89. The van der Waals surface area contributed by atoms with Gasteiger partial charge in [-0.25, -0.2) is 19.6 Å². The van der Waals surface area contributed by atoms with E-state index in [2.05, 4.69) is 69.9 Å². The molecular weight excluding hydrogens is 707 g/mol. The third-order valence-corrected chi connectivity index (χ3v) is 11.3. The Morgan fingerprint density at radius 3 is 2.21 bits per heavy atom. The zero-order valence-corrected chi connectivity index (χ0v) is 33.1. The van der Waals surface area contributed by atoms with E-state index in [4.69, 9.17) is 19.4 Å². The summed E-state index contributed by atoms with van der Waals surface area (Å²) >= 11 is 0. The number of aryl methyl sites for hydroxylation is 2. The smallest absolute Gasteiger partial charge is 0.410 e. The lowest BCUT2D eigenvalue weighted by Gasteiger charge is -2.30. The van der Waals surface area contributed by atoms with Crippen molar-refractivity contribution in [3.8, 4) is 33.6 Å². The standard InChI is InChI=1S/C44H51N7O5/c1-25(2)37(49-42(53)55-6)41(52)50-19-7-10-36(50)40-46-33-18-16-30-22-29(15-17-32(30)38(33)48-40)26-11-12-28-23-31(14-13-27(28)21-26)34-24-45-39(47-34)35-9-8-20-51(35)43(54)56-44(3,4)5/h11-15,17,21-25,35-37H,7-10,16,18-20H2,1-6H3,(H,45,47)(H,46,48)(H,49,53)/t35-,36-,37-/m0/s1. The third kappa shape index (κ3) is 7.24. The molecule has 0 spiro atoms. The first-order chi connectivity index (χ1) is 26.9. The predicted octanol–water partition coefficient (Wildman–Crippen LogP) is 8.50. The van der Waals surface area contributed by atoms with Gasteiger partial charge in [0.05, 0.1) is 42.5 Å². The second kappa shape index (κ2) is 14.8. The first kappa shape index (κ1) is 37.3. The summed E-state index contributed by atoms with van der Waals surface area (Å²) in [7, 11) is 1.31. The molecule has 3 amide bonds. The number of H-pyrrole nitrogens is 2. The Bertz CT molecular complexity index is 2300. The highest BCUT2D eigenvalue weighted by atomic mass is 16.6. The van der Waals surface area contributed by atoms with Crippen LogP contribution in [0.15, 0.2) is 60.8 Å². The molecule has 12 heteroatoms. The molecule has 0 bridgehead atoms. The first-order valence-corrected chi connectivity index (χ1v) is 19.8. The molecule has 2 saturated heterocycles. The summed E-state index contributed by atoms with van der Waals surface area (Å²) in [6.45, 7) is 10.8. The van der Waals surface area contributed by atoms with Crippen molar-refractivity contribution in [1.29, 1.82) is 0 Å². The van der Waals surface area contributed by atoms with Gasteiger partial charge in [0.25, 0.3) is 0 Å². The predicted molar refractivity (Wildman–Crippen MR) is 215 cm³/mol. The lowest BCUT2D eigenvalue weighted by Crippen LogP contribution is -2.51. The van der Waals surface area contributed by atoms with Gasteiger partial charge in [-0.1, -0.05) is 56.3 Å². The Morgan fingerprint density at radius 1 is 0.839 bits per heavy atom. The molecule has 2 aliphatic heterocycles. The SMILES string of the molecule is COC(=O)N[C@H](C(=O)N1CCC[C@H]1c1nc2c([nH]1)-c1ccc(-c3ccc4cc(-c5cnc([C@@H]6CCCN6C(=O)OC(C)(C)C)[nH]5)ccc4c3)cc1CC2)C(C)C. The number of likely N-dealkylation sites (tertiary alicyclic amines) is 2. The molecule has 2 fully saturated rings. The quantitative estimate of drug-likeness (QED) is 0.151. The van der Waals surface area contributed by atoms with Crippen LogP contribution in [0.4, 0.5) is 9.59 Å². The average Bonchev–Trinajstić information content (AvgIpc) is 4.01. The van der Waals surface area contributed by atoms with E-state index in [9.17, 15) is 14.4 Å². The average molecular weight is 758 g/mol. The number of aromatic amines is 2. The Balaban J connectivity index is 0.987. The number of methoxy groups -OCH3 is 1. The Kier molecular flexibility index (Phi) is 9.84. The van der Waals surface area contributed by atoms with Crippen LogP contribution in [0.3, 0.4) is 0 Å². The molecule has 4 heterocycles. The van der Waals surface area contributed by atoms with E-state index in [0.717, 1.165) is 100 Å². The van der Waals surface area contributed by atoms with Crippen LogP contribution < -0.4 is 5.32 Å². The molecule has 8 rings (SSSR count). The molecule has 3 aliphatic rings. The van der Waals surface area contributed by atoms with Crippen LogP contribution in [0.25, 0.3) is 44.4 Å². The highest BCUT2D eigenvalue weighted by molar-refractivity contribution is 5.91. The fraction of sp³-hybridized carbons (Fsp3) is 0.432. The Morgan fingerprint density at radius 2 is 1.50 bits per heavy atom. The van der Waals surface area contributed by atoms with Gasteiger partial charge >= 0.3 is 12.2 Å². The molecule has 2 aromatic heterocycles. The molecule has 56 heavy (non-hydrogen) atoms. The van der Waals surface area contributed by atoms with Crippen LogP contribution in [0.1, 0.15) is 95.3 Å². The van der Waals surface area contributed by atoms with Crippen molar-refractivity contribution in [1.82, 2.24) is 35.1 Å². The van der Waals surface area contributed by atoms with Crippen LogP contribution >= 0.6 is 0 Å². The molecule has 5 aromatic rings. The highest BCUT2D eigenvalue weighted by Gasteiger charge is 2.39. The Labute approximate surface area is 327 Å². The number of carbonyl (C=O) groups is 3. The summed E-state index contributed by atoms with van der Waals surface area (Å²) in [4.78, 5) is 59.1. The van der Waals surface area contributed by atoms with E-state index in [1.807, 2.05) is 45.7 Å². The molecule has 292 valence electrons. The van der Waals surface area contributed by atoms with Crippen molar-refractivity contribution in [3.63, 3.8) is 0 Å². The van der Waals surface area contributed by atoms with Crippen molar-refractivity contribution < 1.29 is 23.9 Å². The summed E-state index contributed by atoms with van der Waals surface area (Å²) in [5.41, 5.74) is 8.19. The van der Waals surface area contributed by atoms with Crippen LogP contribution in [-0.4, -0.2) is 79.7 Å². The van der Waals surface area contributed by atoms with Gasteiger partial charge in [-0.3, -0.25) is 9.69 Å². The zero-order chi connectivity index (χ0) is 39.3. The Hall–Kier alpha value is -5.65. The van der Waals surface area contributed by atoms with Crippen LogP contribution in [-0.2, 0) is 27.1 Å². The van der Waals surface area contributed by atoms with E-state index >= 15 is 0 Å². The maximum atomic E-state index is 13.7. The number of ether oxygens (including phenoxy) is 2. The van der Waals surface area contributed by atoms with Crippen molar-refractivity contribution in [2.45, 2.75) is 96.9 Å². The third-order valence-electron chi connectivity index (χ3n) is 11.3. The van der Waals surface area contributed by atoms with Gasteiger partial charge in [0.1, 0.15) is 23.3 Å². The van der Waals surface area contributed by atoms with Gasteiger partial charge in [-0.05, 0) is 105 Å². The molecular formula is C44H51N7O5. The molecule has 0 saturated carbocycles. The first-order valence-electron chi connectivity index (χ1n) is 19.8. The van der Waals surface area contributed by atoms with Gasteiger partial charge in [-0.15, -0.1) is 0 Å². The fourth-order valence-electron chi connectivity index (χ4n) is 8.50. The maximum absolute atomic E-state index is 13.7. The number of alkyl carbamates (subject to hydrolysis) is 1. The van der Waals surface area contributed by atoms with Crippen molar-refractivity contribution in [2.24, 2.45) is 5.92 Å². The van der Waals surface area contributed by atoms with Crippen molar-refractivity contribution >= 4 is 28.9 Å². The van der Waals surface area contributed by atoms with E-state index in [1.54, 1.807) is 4.90 Å². The van der Waals surface area contributed by atoms with Gasteiger partial charge < -0.3 is 29.7 Å². The molecule has 0 radical (unpaired) electrons. The number of hydrogen-bond acceptors (Lipinski definition) is 7. The maximum Gasteiger partial charge on any atom is 0.410 e. The normalized spacial score (nSPS) is 18.6. The van der Waals surface area contributed by atoms with Gasteiger partial charge in [0, 0.05) is 24.2 Å². The minimum absolute atomic E-state index is 0.0905. The zero-order valence-electron chi connectivity index (χ0n) is 33.1. The monoisotopic (exact) mass is 757 g/mol. The van der Waals surface area contributed by atoms with Crippen LogP contribution in [0, 0.1) is 5.92 Å². The molecule has 12 nitrogen and oxygen atoms in total. The number of imidazole rings is 2. The molecule has 3 N–H and O–H groups in total. The minimum Gasteiger partial charge on any atom is -0.453 e. The number of rotatable bonds is 7. The number of benzene rings is 3. The molecule has 0 unspecified atom stereocenters. The number of carbonyl (C=O) groups excluding carboxylic acids is 3. The van der Waals surface area contributed by atoms with Crippen molar-refractivity contribution in [3.05, 3.63) is 83.7 Å². The number of aromatic nitrogens is 4. The summed E-state index contributed by atoms with van der Waals surface area (Å²) in [5.74, 6) is 1.39. The summed E-state index contributed by atoms with van der Waals surface area (Å²) in [6, 6.07) is 18.7. The lowest BCUT2D eigenvalue weighted by molar-refractivity contribution is -0.135. The van der Waals surface area contributed by atoms with Gasteiger partial charge in [0.2, 0.25) is 5.91 Å². The van der Waals surface area contributed by atoms with E-state index in [1.165, 1.54) is 12.7 Å². The van der Waals surface area contributed by atoms with E-state index < -0.39 is 17.7 Å². The molecule has 1 aliphatic carbocycles.